The summed E-state index contributed by atoms with van der Waals surface area (Å²) in [6.45, 7) is 1.64. The van der Waals surface area contributed by atoms with Crippen LogP contribution in [0.2, 0.25) is 15.1 Å². The first-order valence-electron chi connectivity index (χ1n) is 6.41. The summed E-state index contributed by atoms with van der Waals surface area (Å²) in [7, 11) is 0. The summed E-state index contributed by atoms with van der Waals surface area (Å²) in [4.78, 5) is 0. The van der Waals surface area contributed by atoms with Gasteiger partial charge >= 0.3 is 0 Å². The first-order valence-corrected chi connectivity index (χ1v) is 7.54. The Morgan fingerprint density at radius 2 is 1.71 bits per heavy atom. The molecule has 1 aliphatic heterocycles. The number of benzene rings is 2. The maximum absolute atomic E-state index is 6.16. The molecule has 1 heterocycles. The van der Waals surface area contributed by atoms with Crippen LogP contribution in [0.1, 0.15) is 5.56 Å². The molecule has 0 saturated carbocycles. The number of hydrogen-bond donors (Lipinski definition) is 1. The summed E-state index contributed by atoms with van der Waals surface area (Å²) < 4.78 is 11.2. The number of para-hydroxylation sites is 1. The van der Waals surface area contributed by atoms with E-state index in [2.05, 4.69) is 5.32 Å². The molecular formula is C15H12Cl3NO2. The fraction of sp³-hybridized carbons (Fsp3) is 0.200. The topological polar surface area (TPSA) is 30.5 Å². The van der Waals surface area contributed by atoms with Gasteiger partial charge in [-0.1, -0.05) is 46.9 Å². The molecule has 1 aliphatic rings. The summed E-state index contributed by atoms with van der Waals surface area (Å²) in [5, 5.41) is 4.68. The highest BCUT2D eigenvalue weighted by molar-refractivity contribution is 6.41. The lowest BCUT2D eigenvalue weighted by Gasteiger charge is -2.21. The minimum Gasteiger partial charge on any atom is -0.486 e. The van der Waals surface area contributed by atoms with Crippen molar-refractivity contribution < 1.29 is 9.47 Å². The molecule has 0 aromatic heterocycles. The van der Waals surface area contributed by atoms with Crippen molar-refractivity contribution in [3.8, 4) is 11.5 Å². The second-order valence-electron chi connectivity index (χ2n) is 4.54. The van der Waals surface area contributed by atoms with E-state index in [0.29, 0.717) is 40.5 Å². The molecule has 2 aromatic rings. The molecule has 0 radical (unpaired) electrons. The predicted molar refractivity (Wildman–Crippen MR) is 86.2 cm³/mol. The Bertz CT molecular complexity index is 653. The molecule has 0 atom stereocenters. The normalized spacial score (nSPS) is 13.1. The smallest absolute Gasteiger partial charge is 0.166 e. The average Bonchev–Trinajstić information content (AvgIpc) is 2.46. The first kappa shape index (κ1) is 14.6. The lowest BCUT2D eigenvalue weighted by atomic mass is 10.1. The number of rotatable bonds is 3. The molecule has 1 N–H and O–H groups in total. The number of fused-ring (bicyclic) bond motifs is 1. The predicted octanol–water partition coefficient (Wildman–Crippen LogP) is 5.03. The van der Waals surface area contributed by atoms with Crippen molar-refractivity contribution in [2.24, 2.45) is 0 Å². The molecule has 0 unspecified atom stereocenters. The molecule has 2 aromatic carbocycles. The third-order valence-corrected chi connectivity index (χ3v) is 3.92. The first-order chi connectivity index (χ1) is 10.1. The van der Waals surface area contributed by atoms with Crippen LogP contribution in [0.5, 0.6) is 11.5 Å². The van der Waals surface area contributed by atoms with Crippen molar-refractivity contribution in [1.29, 1.82) is 0 Å². The molecular weight excluding hydrogens is 333 g/mol. The number of hydrogen-bond acceptors (Lipinski definition) is 3. The van der Waals surface area contributed by atoms with E-state index in [-0.39, 0.29) is 0 Å². The van der Waals surface area contributed by atoms with Crippen LogP contribution >= 0.6 is 34.8 Å². The van der Waals surface area contributed by atoms with Crippen LogP contribution in [-0.4, -0.2) is 13.2 Å². The molecule has 3 nitrogen and oxygen atoms in total. The van der Waals surface area contributed by atoms with E-state index in [1.54, 1.807) is 12.1 Å². The summed E-state index contributed by atoms with van der Waals surface area (Å²) in [6.07, 6.45) is 0. The molecule has 6 heteroatoms. The van der Waals surface area contributed by atoms with Crippen LogP contribution in [0.4, 0.5) is 5.69 Å². The van der Waals surface area contributed by atoms with Gasteiger partial charge in [0.05, 0.1) is 15.7 Å². The van der Waals surface area contributed by atoms with Gasteiger partial charge in [0.2, 0.25) is 0 Å². The minimum absolute atomic E-state index is 0.481. The Balaban J connectivity index is 1.83. The van der Waals surface area contributed by atoms with Gasteiger partial charge in [0.1, 0.15) is 13.2 Å². The molecule has 0 amide bonds. The molecule has 21 heavy (non-hydrogen) atoms. The SMILES string of the molecule is Clc1cc(Cl)c(NCc2cccc3c2OCCO3)c(Cl)c1. The lowest BCUT2D eigenvalue weighted by Crippen LogP contribution is -2.17. The Labute approximate surface area is 137 Å². The molecule has 0 saturated heterocycles. The van der Waals surface area contributed by atoms with E-state index in [4.69, 9.17) is 44.3 Å². The van der Waals surface area contributed by atoms with Crippen LogP contribution in [0.25, 0.3) is 0 Å². The monoisotopic (exact) mass is 343 g/mol. The van der Waals surface area contributed by atoms with Gasteiger partial charge in [0.15, 0.2) is 11.5 Å². The van der Waals surface area contributed by atoms with Gasteiger partial charge in [-0.15, -0.1) is 0 Å². The van der Waals surface area contributed by atoms with E-state index in [9.17, 15) is 0 Å². The van der Waals surface area contributed by atoms with E-state index in [0.717, 1.165) is 17.1 Å². The highest BCUT2D eigenvalue weighted by Crippen LogP contribution is 2.37. The van der Waals surface area contributed by atoms with Gasteiger partial charge in [-0.2, -0.15) is 0 Å². The van der Waals surface area contributed by atoms with Gasteiger partial charge < -0.3 is 14.8 Å². The van der Waals surface area contributed by atoms with Crippen molar-refractivity contribution >= 4 is 40.5 Å². The van der Waals surface area contributed by atoms with Gasteiger partial charge in [-0.3, -0.25) is 0 Å². The van der Waals surface area contributed by atoms with Crippen LogP contribution in [0.15, 0.2) is 30.3 Å². The molecule has 0 fully saturated rings. The van der Waals surface area contributed by atoms with Crippen LogP contribution in [-0.2, 0) is 6.54 Å². The van der Waals surface area contributed by atoms with Gasteiger partial charge in [0, 0.05) is 17.1 Å². The lowest BCUT2D eigenvalue weighted by molar-refractivity contribution is 0.170. The highest BCUT2D eigenvalue weighted by Gasteiger charge is 2.16. The fourth-order valence-electron chi connectivity index (χ4n) is 2.17. The maximum Gasteiger partial charge on any atom is 0.166 e. The molecule has 0 aliphatic carbocycles. The summed E-state index contributed by atoms with van der Waals surface area (Å²) in [6, 6.07) is 9.09. The Kier molecular flexibility index (Phi) is 4.34. The van der Waals surface area contributed by atoms with E-state index in [1.807, 2.05) is 18.2 Å². The quantitative estimate of drug-likeness (QED) is 0.847. The van der Waals surface area contributed by atoms with E-state index in [1.165, 1.54) is 0 Å². The maximum atomic E-state index is 6.16. The summed E-state index contributed by atoms with van der Waals surface area (Å²) >= 11 is 18.2. The van der Waals surface area contributed by atoms with E-state index < -0.39 is 0 Å². The van der Waals surface area contributed by atoms with Gasteiger partial charge in [-0.05, 0) is 18.2 Å². The second kappa shape index (κ2) is 6.22. The Morgan fingerprint density at radius 1 is 1.00 bits per heavy atom. The summed E-state index contributed by atoms with van der Waals surface area (Å²) in [5.41, 5.74) is 1.63. The van der Waals surface area contributed by atoms with Crippen molar-refractivity contribution in [3.63, 3.8) is 0 Å². The largest absolute Gasteiger partial charge is 0.486 e. The molecule has 0 spiro atoms. The molecule has 110 valence electrons. The summed E-state index contributed by atoms with van der Waals surface area (Å²) in [5.74, 6) is 1.52. The Morgan fingerprint density at radius 3 is 2.48 bits per heavy atom. The molecule has 3 rings (SSSR count). The zero-order valence-electron chi connectivity index (χ0n) is 11.0. The zero-order valence-corrected chi connectivity index (χ0v) is 13.2. The molecule has 0 bridgehead atoms. The van der Waals surface area contributed by atoms with Crippen LogP contribution in [0, 0.1) is 0 Å². The van der Waals surface area contributed by atoms with Crippen molar-refractivity contribution in [3.05, 3.63) is 51.0 Å². The zero-order chi connectivity index (χ0) is 14.8. The van der Waals surface area contributed by atoms with E-state index >= 15 is 0 Å². The number of halogens is 3. The number of anilines is 1. The second-order valence-corrected chi connectivity index (χ2v) is 5.79. The average molecular weight is 345 g/mol. The standard InChI is InChI=1S/C15H12Cl3NO2/c16-10-6-11(17)14(12(18)7-10)19-8-9-2-1-3-13-15(9)21-5-4-20-13/h1-3,6-7,19H,4-5,8H2. The minimum atomic E-state index is 0.481. The Hall–Kier alpha value is -1.29. The van der Waals surface area contributed by atoms with Crippen molar-refractivity contribution in [2.75, 3.05) is 18.5 Å². The third-order valence-electron chi connectivity index (χ3n) is 3.11. The van der Waals surface area contributed by atoms with Gasteiger partial charge in [-0.25, -0.2) is 0 Å². The fourth-order valence-corrected chi connectivity index (χ4v) is 3.12. The van der Waals surface area contributed by atoms with Crippen molar-refractivity contribution in [1.82, 2.24) is 0 Å². The van der Waals surface area contributed by atoms with Crippen LogP contribution < -0.4 is 14.8 Å². The van der Waals surface area contributed by atoms with Crippen LogP contribution in [0.3, 0.4) is 0 Å². The third kappa shape index (κ3) is 3.15. The number of ether oxygens (including phenoxy) is 2. The highest BCUT2D eigenvalue weighted by atomic mass is 35.5. The van der Waals surface area contributed by atoms with Crippen molar-refractivity contribution in [2.45, 2.75) is 6.54 Å². The number of nitrogens with one attached hydrogen (secondary N) is 1. The van der Waals surface area contributed by atoms with Gasteiger partial charge in [0.25, 0.3) is 0 Å².